The van der Waals surface area contributed by atoms with Crippen molar-refractivity contribution in [1.29, 1.82) is 0 Å². The van der Waals surface area contributed by atoms with Crippen molar-refractivity contribution in [2.75, 3.05) is 6.54 Å². The Balaban J connectivity index is 2.07. The summed E-state index contributed by atoms with van der Waals surface area (Å²) in [6.45, 7) is 5.54. The van der Waals surface area contributed by atoms with Gasteiger partial charge in [-0.2, -0.15) is 0 Å². The number of aryl methyl sites for hydroxylation is 1. The van der Waals surface area contributed by atoms with Gasteiger partial charge in [0.1, 0.15) is 0 Å². The van der Waals surface area contributed by atoms with Crippen molar-refractivity contribution >= 4 is 27.3 Å². The maximum atomic E-state index is 3.53. The van der Waals surface area contributed by atoms with E-state index in [2.05, 4.69) is 59.4 Å². The summed E-state index contributed by atoms with van der Waals surface area (Å²) in [6, 6.07) is 9.40. The van der Waals surface area contributed by atoms with Gasteiger partial charge in [0.05, 0.1) is 0 Å². The van der Waals surface area contributed by atoms with Gasteiger partial charge in [-0.05, 0) is 55.2 Å². The molecule has 1 atom stereocenters. The van der Waals surface area contributed by atoms with E-state index in [4.69, 9.17) is 0 Å². The number of benzene rings is 1. The van der Waals surface area contributed by atoms with Crippen LogP contribution >= 0.6 is 27.3 Å². The first-order valence-electron chi connectivity index (χ1n) is 6.27. The Morgan fingerprint density at radius 3 is 2.89 bits per heavy atom. The summed E-state index contributed by atoms with van der Waals surface area (Å²) in [4.78, 5) is 2.96. The molecule has 0 saturated carbocycles. The van der Waals surface area contributed by atoms with Gasteiger partial charge in [-0.3, -0.25) is 0 Å². The van der Waals surface area contributed by atoms with Crippen molar-refractivity contribution in [2.45, 2.75) is 26.3 Å². The number of hydrogen-bond acceptors (Lipinski definition) is 2. The monoisotopic (exact) mass is 321 g/mol. The van der Waals surface area contributed by atoms with Crippen molar-refractivity contribution in [3.05, 3.63) is 44.7 Å². The summed E-state index contributed by atoms with van der Waals surface area (Å²) >= 11 is 5.49. The van der Waals surface area contributed by atoms with E-state index in [0.29, 0.717) is 6.04 Å². The van der Waals surface area contributed by atoms with Gasteiger partial charge in [0.2, 0.25) is 0 Å². The van der Waals surface area contributed by atoms with Crippen LogP contribution in [0.25, 0.3) is 10.4 Å². The highest BCUT2D eigenvalue weighted by Crippen LogP contribution is 2.38. The van der Waals surface area contributed by atoms with E-state index < -0.39 is 0 Å². The van der Waals surface area contributed by atoms with Crippen LogP contribution in [0, 0.1) is 6.92 Å². The van der Waals surface area contributed by atoms with Gasteiger partial charge in [0.15, 0.2) is 0 Å². The molecule has 1 N–H and O–H groups in total. The minimum Gasteiger partial charge on any atom is -0.310 e. The van der Waals surface area contributed by atoms with Crippen LogP contribution in [0.1, 0.15) is 29.0 Å². The second kappa shape index (κ2) is 4.80. The first kappa shape index (κ1) is 12.4. The smallest absolute Gasteiger partial charge is 0.0351 e. The predicted octanol–water partition coefficient (Wildman–Crippen LogP) is 4.69. The highest BCUT2D eigenvalue weighted by molar-refractivity contribution is 9.10. The number of halogens is 1. The van der Waals surface area contributed by atoms with Gasteiger partial charge in [-0.1, -0.05) is 22.0 Å². The van der Waals surface area contributed by atoms with Gasteiger partial charge < -0.3 is 5.32 Å². The molecule has 1 unspecified atom stereocenters. The number of hydrogen-bond donors (Lipinski definition) is 1. The molecule has 2 heterocycles. The fraction of sp³-hybridized carbons (Fsp3) is 0.333. The molecule has 0 spiro atoms. The molecule has 2 aromatic rings. The lowest BCUT2D eigenvalue weighted by Crippen LogP contribution is -2.26. The Bertz CT molecular complexity index is 588. The Kier molecular flexibility index (Phi) is 3.31. The van der Waals surface area contributed by atoms with Crippen LogP contribution in [-0.4, -0.2) is 6.54 Å². The average molecular weight is 322 g/mol. The Hall–Kier alpha value is -0.640. The van der Waals surface area contributed by atoms with Crippen molar-refractivity contribution in [1.82, 2.24) is 5.32 Å². The lowest BCUT2D eigenvalue weighted by atomic mass is 10.0. The zero-order valence-corrected chi connectivity index (χ0v) is 13.0. The zero-order chi connectivity index (χ0) is 12.7. The molecule has 94 valence electrons. The van der Waals surface area contributed by atoms with Crippen LogP contribution in [0.15, 0.2) is 28.7 Å². The minimum atomic E-state index is 0.495. The van der Waals surface area contributed by atoms with Gasteiger partial charge in [-0.25, -0.2) is 0 Å². The summed E-state index contributed by atoms with van der Waals surface area (Å²) in [5.74, 6) is 0. The number of nitrogens with one attached hydrogen (secondary N) is 1. The van der Waals surface area contributed by atoms with E-state index >= 15 is 0 Å². The van der Waals surface area contributed by atoms with Gasteiger partial charge >= 0.3 is 0 Å². The predicted molar refractivity (Wildman–Crippen MR) is 82.3 cm³/mol. The molecular formula is C15H16BrNS. The summed E-state index contributed by atoms with van der Waals surface area (Å²) in [6.07, 6.45) is 1.17. The molecule has 0 saturated heterocycles. The minimum absolute atomic E-state index is 0.495. The molecule has 0 bridgehead atoms. The Labute approximate surface area is 120 Å². The van der Waals surface area contributed by atoms with Gasteiger partial charge in [-0.15, -0.1) is 11.3 Å². The first-order valence-corrected chi connectivity index (χ1v) is 7.88. The molecular weight excluding hydrogens is 306 g/mol. The number of thiophene rings is 1. The molecule has 3 rings (SSSR count). The molecule has 0 radical (unpaired) electrons. The molecule has 0 aliphatic carbocycles. The fourth-order valence-electron chi connectivity index (χ4n) is 2.55. The third kappa shape index (κ3) is 2.15. The summed E-state index contributed by atoms with van der Waals surface area (Å²) < 4.78 is 1.15. The van der Waals surface area contributed by atoms with Crippen molar-refractivity contribution < 1.29 is 0 Å². The van der Waals surface area contributed by atoms with E-state index in [1.165, 1.54) is 28.0 Å². The average Bonchev–Trinajstić information content (AvgIpc) is 2.74. The SMILES string of the molecule is Cc1cc(Br)ccc1-c1cc2c(s1)CCNC2C. The highest BCUT2D eigenvalue weighted by atomic mass is 79.9. The van der Waals surface area contributed by atoms with Crippen LogP contribution in [-0.2, 0) is 6.42 Å². The molecule has 0 fully saturated rings. The normalized spacial score (nSPS) is 18.7. The first-order chi connectivity index (χ1) is 8.65. The largest absolute Gasteiger partial charge is 0.310 e. The van der Waals surface area contributed by atoms with Crippen LogP contribution in [0.4, 0.5) is 0 Å². The van der Waals surface area contributed by atoms with Crippen LogP contribution in [0.5, 0.6) is 0 Å². The number of rotatable bonds is 1. The standard InChI is InChI=1S/C15H16BrNS/c1-9-7-11(16)3-4-12(9)15-8-13-10(2)17-6-5-14(13)18-15/h3-4,7-8,10,17H,5-6H2,1-2H3. The zero-order valence-electron chi connectivity index (χ0n) is 10.6. The molecule has 18 heavy (non-hydrogen) atoms. The van der Waals surface area contributed by atoms with Crippen molar-refractivity contribution in [3.63, 3.8) is 0 Å². The molecule has 1 aromatic carbocycles. The summed E-state index contributed by atoms with van der Waals surface area (Å²) in [7, 11) is 0. The Morgan fingerprint density at radius 2 is 2.17 bits per heavy atom. The second-order valence-corrected chi connectivity index (χ2v) is 6.93. The lowest BCUT2D eigenvalue weighted by molar-refractivity contribution is 0.547. The van der Waals surface area contributed by atoms with E-state index in [9.17, 15) is 0 Å². The van der Waals surface area contributed by atoms with E-state index in [1.54, 1.807) is 4.88 Å². The Morgan fingerprint density at radius 1 is 1.33 bits per heavy atom. The topological polar surface area (TPSA) is 12.0 Å². The van der Waals surface area contributed by atoms with Crippen molar-refractivity contribution in [3.8, 4) is 10.4 Å². The third-order valence-electron chi connectivity index (χ3n) is 3.56. The summed E-state index contributed by atoms with van der Waals surface area (Å²) in [5.41, 5.74) is 4.19. The van der Waals surface area contributed by atoms with Gasteiger partial charge in [0, 0.05) is 26.8 Å². The fourth-order valence-corrected chi connectivity index (χ4v) is 4.38. The molecule has 3 heteroatoms. The van der Waals surface area contributed by atoms with Crippen LogP contribution in [0.3, 0.4) is 0 Å². The molecule has 1 aliphatic heterocycles. The van der Waals surface area contributed by atoms with E-state index in [0.717, 1.165) is 11.0 Å². The number of fused-ring (bicyclic) bond motifs is 1. The van der Waals surface area contributed by atoms with Crippen molar-refractivity contribution in [2.24, 2.45) is 0 Å². The van der Waals surface area contributed by atoms with Crippen LogP contribution < -0.4 is 5.32 Å². The molecule has 1 aliphatic rings. The van der Waals surface area contributed by atoms with E-state index in [1.807, 2.05) is 11.3 Å². The third-order valence-corrected chi connectivity index (χ3v) is 5.30. The maximum Gasteiger partial charge on any atom is 0.0351 e. The van der Waals surface area contributed by atoms with Gasteiger partial charge in [0.25, 0.3) is 0 Å². The molecule has 1 aromatic heterocycles. The summed E-state index contributed by atoms with van der Waals surface area (Å²) in [5, 5.41) is 3.53. The lowest BCUT2D eigenvalue weighted by Gasteiger charge is -2.19. The molecule has 0 amide bonds. The van der Waals surface area contributed by atoms with Crippen LogP contribution in [0.2, 0.25) is 0 Å². The second-order valence-electron chi connectivity index (χ2n) is 4.87. The quantitative estimate of drug-likeness (QED) is 0.803. The highest BCUT2D eigenvalue weighted by Gasteiger charge is 2.19. The molecule has 1 nitrogen and oxygen atoms in total. The maximum absolute atomic E-state index is 3.53. The van der Waals surface area contributed by atoms with E-state index in [-0.39, 0.29) is 0 Å².